The predicted molar refractivity (Wildman–Crippen MR) is 63.4 cm³/mol. The Morgan fingerprint density at radius 1 is 1.53 bits per heavy atom. The lowest BCUT2D eigenvalue weighted by Gasteiger charge is -2.20. The highest BCUT2D eigenvalue weighted by atomic mass is 16.5. The lowest BCUT2D eigenvalue weighted by Crippen LogP contribution is -2.21. The minimum atomic E-state index is 0.347. The second kappa shape index (κ2) is 4.00. The minimum Gasteiger partial charge on any atom is -0.360 e. The maximum atomic E-state index is 5.46. The van der Waals surface area contributed by atoms with Crippen LogP contribution in [0.1, 0.15) is 30.2 Å². The fraction of sp³-hybridized carbons (Fsp3) is 0.500. The summed E-state index contributed by atoms with van der Waals surface area (Å²) < 4.78 is 7.24. The molecule has 0 spiro atoms. The third kappa shape index (κ3) is 1.67. The first-order chi connectivity index (χ1) is 8.29. The summed E-state index contributed by atoms with van der Waals surface area (Å²) in [6.07, 6.45) is 7.08. The van der Waals surface area contributed by atoms with E-state index in [0.717, 1.165) is 36.3 Å². The first-order valence-corrected chi connectivity index (χ1v) is 5.94. The van der Waals surface area contributed by atoms with Crippen LogP contribution in [-0.4, -0.2) is 22.0 Å². The van der Waals surface area contributed by atoms with Crippen molar-refractivity contribution in [2.24, 2.45) is 7.05 Å². The summed E-state index contributed by atoms with van der Waals surface area (Å²) in [5, 5.41) is 11.7. The number of nitrogens with one attached hydrogen (secondary N) is 1. The summed E-state index contributed by atoms with van der Waals surface area (Å²) in [4.78, 5) is 0. The molecule has 2 heterocycles. The van der Waals surface area contributed by atoms with Crippen molar-refractivity contribution in [3.8, 4) is 11.3 Å². The molecular weight excluding hydrogens is 216 g/mol. The Morgan fingerprint density at radius 2 is 2.41 bits per heavy atom. The molecule has 17 heavy (non-hydrogen) atoms. The lowest BCUT2D eigenvalue weighted by atomic mass is 9.90. The zero-order valence-electron chi connectivity index (χ0n) is 10.1. The van der Waals surface area contributed by atoms with E-state index in [1.807, 2.05) is 26.5 Å². The molecule has 0 bridgehead atoms. The van der Waals surface area contributed by atoms with Gasteiger partial charge in [-0.05, 0) is 19.9 Å². The molecule has 0 fully saturated rings. The molecule has 90 valence electrons. The first-order valence-electron chi connectivity index (χ1n) is 5.94. The van der Waals surface area contributed by atoms with E-state index in [1.54, 1.807) is 4.68 Å². The van der Waals surface area contributed by atoms with E-state index in [1.165, 1.54) is 5.56 Å². The Hall–Kier alpha value is -1.62. The van der Waals surface area contributed by atoms with Gasteiger partial charge in [-0.1, -0.05) is 5.16 Å². The maximum absolute atomic E-state index is 5.46. The van der Waals surface area contributed by atoms with Gasteiger partial charge in [-0.3, -0.25) is 4.68 Å². The van der Waals surface area contributed by atoms with Gasteiger partial charge >= 0.3 is 0 Å². The average molecular weight is 232 g/mol. The molecule has 1 N–H and O–H groups in total. The monoisotopic (exact) mass is 232 g/mol. The first kappa shape index (κ1) is 10.5. The van der Waals surface area contributed by atoms with Crippen LogP contribution in [0.2, 0.25) is 0 Å². The molecule has 1 aliphatic rings. The van der Waals surface area contributed by atoms with Gasteiger partial charge in [0.05, 0.1) is 6.20 Å². The molecule has 0 amide bonds. The smallest absolute Gasteiger partial charge is 0.142 e. The second-order valence-corrected chi connectivity index (χ2v) is 4.50. The molecule has 0 saturated carbocycles. The Bertz CT molecular complexity index is 528. The van der Waals surface area contributed by atoms with Crippen molar-refractivity contribution in [1.82, 2.24) is 20.3 Å². The van der Waals surface area contributed by atoms with Crippen molar-refractivity contribution in [2.75, 3.05) is 7.05 Å². The Morgan fingerprint density at radius 3 is 3.12 bits per heavy atom. The van der Waals surface area contributed by atoms with Gasteiger partial charge in [0.25, 0.3) is 0 Å². The van der Waals surface area contributed by atoms with Crippen LogP contribution in [0.15, 0.2) is 16.9 Å². The van der Waals surface area contributed by atoms with Gasteiger partial charge in [-0.25, -0.2) is 0 Å². The molecule has 0 saturated heterocycles. The zero-order chi connectivity index (χ0) is 11.8. The van der Waals surface area contributed by atoms with E-state index in [2.05, 4.69) is 15.6 Å². The topological polar surface area (TPSA) is 55.9 Å². The van der Waals surface area contributed by atoms with Gasteiger partial charge in [-0.15, -0.1) is 0 Å². The molecular formula is C12H16N4O. The SMILES string of the molecule is CNC1CCCc2onc(-c3cnn(C)c3)c21. The van der Waals surface area contributed by atoms with Crippen LogP contribution in [0.5, 0.6) is 0 Å². The van der Waals surface area contributed by atoms with Crippen molar-refractivity contribution in [1.29, 1.82) is 0 Å². The van der Waals surface area contributed by atoms with Gasteiger partial charge < -0.3 is 9.84 Å². The molecule has 2 aromatic rings. The molecule has 1 unspecified atom stereocenters. The van der Waals surface area contributed by atoms with Crippen LogP contribution in [0, 0.1) is 0 Å². The summed E-state index contributed by atoms with van der Waals surface area (Å²) in [6.45, 7) is 0. The minimum absolute atomic E-state index is 0.347. The van der Waals surface area contributed by atoms with E-state index in [0.29, 0.717) is 6.04 Å². The van der Waals surface area contributed by atoms with E-state index in [4.69, 9.17) is 4.52 Å². The molecule has 0 aromatic carbocycles. The quantitative estimate of drug-likeness (QED) is 0.855. The number of aromatic nitrogens is 3. The van der Waals surface area contributed by atoms with Crippen LogP contribution in [-0.2, 0) is 13.5 Å². The molecule has 5 nitrogen and oxygen atoms in total. The van der Waals surface area contributed by atoms with Crippen molar-refractivity contribution in [2.45, 2.75) is 25.3 Å². The van der Waals surface area contributed by atoms with Crippen molar-refractivity contribution < 1.29 is 4.52 Å². The van der Waals surface area contributed by atoms with Crippen molar-refractivity contribution >= 4 is 0 Å². The van der Waals surface area contributed by atoms with E-state index >= 15 is 0 Å². The highest BCUT2D eigenvalue weighted by molar-refractivity contribution is 5.63. The number of hydrogen-bond acceptors (Lipinski definition) is 4. The highest BCUT2D eigenvalue weighted by Gasteiger charge is 2.28. The Kier molecular flexibility index (Phi) is 2.48. The van der Waals surface area contributed by atoms with Crippen LogP contribution in [0.4, 0.5) is 0 Å². The second-order valence-electron chi connectivity index (χ2n) is 4.50. The van der Waals surface area contributed by atoms with Crippen molar-refractivity contribution in [3.63, 3.8) is 0 Å². The van der Waals surface area contributed by atoms with Crippen molar-refractivity contribution in [3.05, 3.63) is 23.7 Å². The number of nitrogens with zero attached hydrogens (tertiary/aromatic N) is 3. The third-order valence-electron chi connectivity index (χ3n) is 3.37. The van der Waals surface area contributed by atoms with Gasteiger partial charge in [0.15, 0.2) is 0 Å². The standard InChI is InChI=1S/C12H16N4O/c1-13-9-4-3-5-10-11(9)12(15-17-10)8-6-14-16(2)7-8/h6-7,9,13H,3-5H2,1-2H3. The number of aryl methyl sites for hydroxylation is 2. The fourth-order valence-electron chi connectivity index (χ4n) is 2.52. The summed E-state index contributed by atoms with van der Waals surface area (Å²) in [6, 6.07) is 0.347. The highest BCUT2D eigenvalue weighted by Crippen LogP contribution is 2.36. The van der Waals surface area contributed by atoms with E-state index < -0.39 is 0 Å². The lowest BCUT2D eigenvalue weighted by molar-refractivity contribution is 0.360. The molecule has 1 aliphatic carbocycles. The third-order valence-corrected chi connectivity index (χ3v) is 3.37. The largest absolute Gasteiger partial charge is 0.360 e. The number of fused-ring (bicyclic) bond motifs is 1. The van der Waals surface area contributed by atoms with Crippen LogP contribution >= 0.6 is 0 Å². The molecule has 1 atom stereocenters. The maximum Gasteiger partial charge on any atom is 0.142 e. The van der Waals surface area contributed by atoms with Crippen LogP contribution in [0.25, 0.3) is 11.3 Å². The summed E-state index contributed by atoms with van der Waals surface area (Å²) in [5.74, 6) is 1.02. The summed E-state index contributed by atoms with van der Waals surface area (Å²) >= 11 is 0. The zero-order valence-corrected chi connectivity index (χ0v) is 10.1. The van der Waals surface area contributed by atoms with Crippen LogP contribution < -0.4 is 5.32 Å². The molecule has 3 rings (SSSR count). The van der Waals surface area contributed by atoms with E-state index in [-0.39, 0.29) is 0 Å². The predicted octanol–water partition coefficient (Wildman–Crippen LogP) is 1.67. The number of rotatable bonds is 2. The van der Waals surface area contributed by atoms with Gasteiger partial charge in [0.2, 0.25) is 0 Å². The molecule has 5 heteroatoms. The average Bonchev–Trinajstić information content (AvgIpc) is 2.94. The Labute approximate surface area is 99.8 Å². The van der Waals surface area contributed by atoms with Gasteiger partial charge in [0.1, 0.15) is 11.5 Å². The fourth-order valence-corrected chi connectivity index (χ4v) is 2.52. The Balaban J connectivity index is 2.09. The summed E-state index contributed by atoms with van der Waals surface area (Å²) in [5.41, 5.74) is 3.18. The normalized spacial score (nSPS) is 19.3. The van der Waals surface area contributed by atoms with Crippen LogP contribution in [0.3, 0.4) is 0 Å². The molecule has 0 aliphatic heterocycles. The van der Waals surface area contributed by atoms with E-state index in [9.17, 15) is 0 Å². The summed E-state index contributed by atoms with van der Waals surface area (Å²) in [7, 11) is 3.89. The van der Waals surface area contributed by atoms with Gasteiger partial charge in [0, 0.05) is 36.8 Å². The molecule has 2 aromatic heterocycles. The number of hydrogen-bond donors (Lipinski definition) is 1. The molecule has 0 radical (unpaired) electrons. The van der Waals surface area contributed by atoms with Gasteiger partial charge in [-0.2, -0.15) is 5.10 Å².